The van der Waals surface area contributed by atoms with Crippen molar-refractivity contribution < 1.29 is 18.0 Å². The molecule has 0 N–H and O–H groups in total. The molecular weight excluding hydrogens is 219 g/mol. The molecule has 82 valence electrons. The van der Waals surface area contributed by atoms with Crippen molar-refractivity contribution in [2.75, 3.05) is 0 Å². The molecule has 1 aromatic rings. The number of hydrogen-bond acceptors (Lipinski definition) is 2. The molecular formula is C11H6F3NO. The van der Waals surface area contributed by atoms with E-state index in [1.807, 2.05) is 0 Å². The Labute approximate surface area is 89.6 Å². The maximum absolute atomic E-state index is 12.0. The minimum Gasteiger partial charge on any atom is -0.284 e. The molecule has 1 rings (SSSR count). The number of nitriles is 1. The number of benzene rings is 1. The second kappa shape index (κ2) is 4.62. The van der Waals surface area contributed by atoms with E-state index < -0.39 is 17.5 Å². The van der Waals surface area contributed by atoms with Crippen LogP contribution < -0.4 is 0 Å². The van der Waals surface area contributed by atoms with E-state index in [0.717, 1.165) is 12.1 Å². The third-order valence-corrected chi connectivity index (χ3v) is 1.78. The van der Waals surface area contributed by atoms with Gasteiger partial charge in [-0.25, -0.2) is 0 Å². The first-order chi connectivity index (χ1) is 7.45. The molecule has 0 saturated carbocycles. The highest BCUT2D eigenvalue weighted by atomic mass is 19.4. The number of halogens is 3. The molecule has 0 atom stereocenters. The monoisotopic (exact) mass is 225 g/mol. The van der Waals surface area contributed by atoms with Crippen LogP contribution in [-0.4, -0.2) is 12.0 Å². The van der Waals surface area contributed by atoms with Crippen LogP contribution in [0.3, 0.4) is 0 Å². The van der Waals surface area contributed by atoms with Gasteiger partial charge in [-0.15, -0.1) is 0 Å². The van der Waals surface area contributed by atoms with Gasteiger partial charge in [0, 0.05) is 11.6 Å². The molecule has 0 spiro atoms. The van der Waals surface area contributed by atoms with Crippen LogP contribution in [0.25, 0.3) is 6.08 Å². The van der Waals surface area contributed by atoms with Crippen LogP contribution in [-0.2, 0) is 0 Å². The van der Waals surface area contributed by atoms with Crippen LogP contribution >= 0.6 is 0 Å². The molecule has 0 bridgehead atoms. The molecule has 0 heterocycles. The Morgan fingerprint density at radius 3 is 2.25 bits per heavy atom. The predicted molar refractivity (Wildman–Crippen MR) is 51.5 cm³/mol. The van der Waals surface area contributed by atoms with E-state index in [-0.39, 0.29) is 0 Å². The summed E-state index contributed by atoms with van der Waals surface area (Å²) >= 11 is 0. The van der Waals surface area contributed by atoms with Crippen molar-refractivity contribution in [3.8, 4) is 6.07 Å². The Morgan fingerprint density at radius 2 is 1.81 bits per heavy atom. The lowest BCUT2D eigenvalue weighted by Crippen LogP contribution is -2.22. The maximum atomic E-state index is 12.0. The molecule has 1 aromatic carbocycles. The van der Waals surface area contributed by atoms with Crippen molar-refractivity contribution in [3.63, 3.8) is 0 Å². The summed E-state index contributed by atoms with van der Waals surface area (Å²) in [5, 5.41) is 8.24. The standard InChI is InChI=1S/C11H6F3NO/c12-11(13,14)10(16)9-5-3-8(4-6-9)2-1-7-15/h1-6H. The highest BCUT2D eigenvalue weighted by Crippen LogP contribution is 2.21. The van der Waals surface area contributed by atoms with Crippen molar-refractivity contribution in [1.82, 2.24) is 0 Å². The van der Waals surface area contributed by atoms with Crippen molar-refractivity contribution in [2.45, 2.75) is 6.18 Å². The van der Waals surface area contributed by atoms with Crippen LogP contribution in [0.5, 0.6) is 0 Å². The van der Waals surface area contributed by atoms with Gasteiger partial charge in [0.05, 0.1) is 6.07 Å². The van der Waals surface area contributed by atoms with Crippen LogP contribution in [0.2, 0.25) is 0 Å². The lowest BCUT2D eigenvalue weighted by atomic mass is 10.1. The number of Topliss-reactive ketones (excluding diaryl/α,β-unsaturated/α-hetero) is 1. The summed E-state index contributed by atoms with van der Waals surface area (Å²) in [5.74, 6) is -1.87. The first-order valence-electron chi connectivity index (χ1n) is 4.23. The maximum Gasteiger partial charge on any atom is 0.454 e. The second-order valence-electron chi connectivity index (χ2n) is 2.91. The van der Waals surface area contributed by atoms with Gasteiger partial charge >= 0.3 is 6.18 Å². The summed E-state index contributed by atoms with van der Waals surface area (Å²) in [5.41, 5.74) is 0.141. The summed E-state index contributed by atoms with van der Waals surface area (Å²) < 4.78 is 36.1. The van der Waals surface area contributed by atoms with Gasteiger partial charge < -0.3 is 0 Å². The Bertz CT molecular complexity index is 452. The summed E-state index contributed by atoms with van der Waals surface area (Å²) in [7, 11) is 0. The number of ketones is 1. The molecule has 0 saturated heterocycles. The third-order valence-electron chi connectivity index (χ3n) is 1.78. The average molecular weight is 225 g/mol. The molecule has 0 unspecified atom stereocenters. The van der Waals surface area contributed by atoms with E-state index in [1.165, 1.54) is 24.3 Å². The second-order valence-corrected chi connectivity index (χ2v) is 2.91. The number of alkyl halides is 3. The summed E-state index contributed by atoms with van der Waals surface area (Å²) in [6.07, 6.45) is -2.23. The summed E-state index contributed by atoms with van der Waals surface area (Å²) in [6.45, 7) is 0. The summed E-state index contributed by atoms with van der Waals surface area (Å²) in [4.78, 5) is 10.8. The average Bonchev–Trinajstić information content (AvgIpc) is 2.25. The van der Waals surface area contributed by atoms with Gasteiger partial charge in [0.2, 0.25) is 0 Å². The quantitative estimate of drug-likeness (QED) is 0.573. The fourth-order valence-corrected chi connectivity index (χ4v) is 1.04. The van der Waals surface area contributed by atoms with Crippen LogP contribution in [0, 0.1) is 11.3 Å². The Kier molecular flexibility index (Phi) is 3.46. The highest BCUT2D eigenvalue weighted by molar-refractivity contribution is 6.00. The van der Waals surface area contributed by atoms with Gasteiger partial charge in [-0.05, 0) is 11.6 Å². The van der Waals surface area contributed by atoms with Crippen molar-refractivity contribution in [3.05, 3.63) is 41.5 Å². The van der Waals surface area contributed by atoms with Crippen molar-refractivity contribution >= 4 is 11.9 Å². The molecule has 5 heteroatoms. The first kappa shape index (κ1) is 12.0. The van der Waals surface area contributed by atoms with E-state index >= 15 is 0 Å². The first-order valence-corrected chi connectivity index (χ1v) is 4.23. The minimum absolute atomic E-state index is 0.415. The number of hydrogen-bond donors (Lipinski definition) is 0. The highest BCUT2D eigenvalue weighted by Gasteiger charge is 2.38. The molecule has 0 aliphatic carbocycles. The Morgan fingerprint density at radius 1 is 1.25 bits per heavy atom. The van der Waals surface area contributed by atoms with Crippen LogP contribution in [0.4, 0.5) is 13.2 Å². The van der Waals surface area contributed by atoms with E-state index in [1.54, 1.807) is 6.07 Å². The zero-order valence-electron chi connectivity index (χ0n) is 7.95. The smallest absolute Gasteiger partial charge is 0.284 e. The molecule has 0 aliphatic heterocycles. The molecule has 0 radical (unpaired) electrons. The van der Waals surface area contributed by atoms with Gasteiger partial charge in [-0.1, -0.05) is 24.3 Å². The SMILES string of the molecule is N#CC=Cc1ccc(C(=O)C(F)(F)F)cc1. The molecule has 0 aromatic heterocycles. The lowest BCUT2D eigenvalue weighted by molar-refractivity contribution is -0.0885. The van der Waals surface area contributed by atoms with Crippen molar-refractivity contribution in [1.29, 1.82) is 5.26 Å². The predicted octanol–water partition coefficient (Wildman–Crippen LogP) is 2.97. The molecule has 0 fully saturated rings. The normalized spacial score (nSPS) is 11.4. The van der Waals surface area contributed by atoms with E-state index in [9.17, 15) is 18.0 Å². The molecule has 2 nitrogen and oxygen atoms in total. The largest absolute Gasteiger partial charge is 0.454 e. The zero-order valence-corrected chi connectivity index (χ0v) is 7.95. The van der Waals surface area contributed by atoms with Gasteiger partial charge in [-0.3, -0.25) is 4.79 Å². The number of carbonyl (C=O) groups excluding carboxylic acids is 1. The summed E-state index contributed by atoms with van der Waals surface area (Å²) in [6, 6.07) is 6.58. The number of nitrogens with zero attached hydrogens (tertiary/aromatic N) is 1. The van der Waals surface area contributed by atoms with Gasteiger partial charge in [0.1, 0.15) is 0 Å². The molecule has 0 amide bonds. The van der Waals surface area contributed by atoms with Gasteiger partial charge in [0.15, 0.2) is 0 Å². The van der Waals surface area contributed by atoms with Crippen LogP contribution in [0.1, 0.15) is 15.9 Å². The Balaban J connectivity index is 2.92. The molecule has 0 aliphatic rings. The topological polar surface area (TPSA) is 40.9 Å². The number of allylic oxidation sites excluding steroid dienone is 1. The number of rotatable bonds is 2. The fourth-order valence-electron chi connectivity index (χ4n) is 1.04. The van der Waals surface area contributed by atoms with E-state index in [0.29, 0.717) is 5.56 Å². The molecule has 16 heavy (non-hydrogen) atoms. The minimum atomic E-state index is -4.86. The third kappa shape index (κ3) is 2.95. The fraction of sp³-hybridized carbons (Fsp3) is 0.0909. The van der Waals surface area contributed by atoms with E-state index in [2.05, 4.69) is 0 Å². The number of carbonyl (C=O) groups is 1. The van der Waals surface area contributed by atoms with Gasteiger partial charge in [0.25, 0.3) is 5.78 Å². The zero-order chi connectivity index (χ0) is 12.2. The van der Waals surface area contributed by atoms with Gasteiger partial charge in [-0.2, -0.15) is 18.4 Å². The lowest BCUT2D eigenvalue weighted by Gasteiger charge is -2.04. The van der Waals surface area contributed by atoms with Crippen molar-refractivity contribution in [2.24, 2.45) is 0 Å². The van der Waals surface area contributed by atoms with Crippen LogP contribution in [0.15, 0.2) is 30.3 Å². The van der Waals surface area contributed by atoms with E-state index in [4.69, 9.17) is 5.26 Å². The Hall–Kier alpha value is -2.09.